The third-order valence-corrected chi connectivity index (χ3v) is 11.1. The monoisotopic (exact) mass is 817 g/mol. The zero-order valence-electron chi connectivity index (χ0n) is 36.4. The van der Waals surface area contributed by atoms with Crippen molar-refractivity contribution >= 4 is 13.8 Å². The van der Waals surface area contributed by atoms with E-state index in [4.69, 9.17) is 23.6 Å². The van der Waals surface area contributed by atoms with Gasteiger partial charge in [-0.3, -0.25) is 13.8 Å². The van der Waals surface area contributed by atoms with Gasteiger partial charge in [0.2, 0.25) is 0 Å². The minimum atomic E-state index is -4.52. The summed E-state index contributed by atoms with van der Waals surface area (Å²) in [5, 5.41) is 18.4. The first kappa shape index (κ1) is 54.9. The third-order valence-electron chi connectivity index (χ3n) is 10.1. The second-order valence-corrected chi connectivity index (χ2v) is 17.2. The average molecular weight is 817 g/mol. The summed E-state index contributed by atoms with van der Waals surface area (Å²) >= 11 is 0. The molecule has 0 amide bonds. The van der Waals surface area contributed by atoms with Gasteiger partial charge in [-0.15, -0.1) is 0 Å². The van der Waals surface area contributed by atoms with Crippen LogP contribution in [0.1, 0.15) is 219 Å². The second-order valence-electron chi connectivity index (χ2n) is 15.8. The van der Waals surface area contributed by atoms with Gasteiger partial charge >= 0.3 is 13.8 Å². The largest absolute Gasteiger partial charge is 0.472 e. The van der Waals surface area contributed by atoms with Gasteiger partial charge in [-0.25, -0.2) is 4.57 Å². The summed E-state index contributed by atoms with van der Waals surface area (Å²) in [7, 11) is -4.52. The Balaban J connectivity index is 4.11. The Kier molecular flexibility index (Phi) is 42.7. The predicted octanol–water partition coefficient (Wildman–Crippen LogP) is 13.0. The van der Waals surface area contributed by atoms with Crippen molar-refractivity contribution in [3.63, 3.8) is 0 Å². The van der Waals surface area contributed by atoms with Crippen molar-refractivity contribution in [1.29, 1.82) is 0 Å². The van der Waals surface area contributed by atoms with E-state index in [1.807, 2.05) is 0 Å². The number of aliphatic hydroxyl groups excluding tert-OH is 2. The topological polar surface area (TPSA) is 132 Å². The number of carbonyl (C=O) groups excluding carboxylic acids is 1. The van der Waals surface area contributed by atoms with Crippen LogP contribution >= 0.6 is 7.82 Å². The van der Waals surface area contributed by atoms with Crippen molar-refractivity contribution in [2.75, 3.05) is 33.0 Å². The van der Waals surface area contributed by atoms with E-state index in [9.17, 15) is 19.4 Å². The molecule has 0 aliphatic carbocycles. The molecule has 0 aliphatic heterocycles. The smallest absolute Gasteiger partial charge is 0.457 e. The van der Waals surface area contributed by atoms with E-state index in [1.54, 1.807) is 0 Å². The Hall–Kier alpha value is -1.06. The highest BCUT2D eigenvalue weighted by molar-refractivity contribution is 7.47. The SMILES string of the molecule is CCCCCCCC/C=C\CCCCCCCCCCCCOCC(COP(=O)(O)OCC(O)CO)OC(=O)CCCCCCC/C=C\CCCCCCCC. The Morgan fingerprint density at radius 3 is 1.34 bits per heavy atom. The number of phosphoric acid groups is 1. The van der Waals surface area contributed by atoms with Crippen LogP contribution in [0.25, 0.3) is 0 Å². The summed E-state index contributed by atoms with van der Waals surface area (Å²) in [6.45, 7) is 3.53. The Labute approximate surface area is 344 Å². The zero-order chi connectivity index (χ0) is 41.1. The number of allylic oxidation sites excluding steroid dienone is 4. The molecule has 56 heavy (non-hydrogen) atoms. The van der Waals surface area contributed by atoms with Gasteiger partial charge in [0.1, 0.15) is 12.2 Å². The highest BCUT2D eigenvalue weighted by atomic mass is 31.2. The highest BCUT2D eigenvalue weighted by Crippen LogP contribution is 2.43. The Morgan fingerprint density at radius 2 is 0.911 bits per heavy atom. The number of rotatable bonds is 45. The zero-order valence-corrected chi connectivity index (χ0v) is 37.3. The van der Waals surface area contributed by atoms with Gasteiger partial charge in [0, 0.05) is 13.0 Å². The summed E-state index contributed by atoms with van der Waals surface area (Å²) in [5.74, 6) is -0.389. The molecular weight excluding hydrogens is 727 g/mol. The molecule has 0 saturated carbocycles. The average Bonchev–Trinajstić information content (AvgIpc) is 3.19. The van der Waals surface area contributed by atoms with Crippen LogP contribution in [-0.2, 0) is 27.9 Å². The van der Waals surface area contributed by atoms with Gasteiger partial charge in [-0.1, -0.05) is 173 Å². The molecule has 0 spiro atoms. The Morgan fingerprint density at radius 1 is 0.536 bits per heavy atom. The molecule has 0 radical (unpaired) electrons. The summed E-state index contributed by atoms with van der Waals surface area (Å²) < 4.78 is 33.4. The van der Waals surface area contributed by atoms with Gasteiger partial charge in [0.15, 0.2) is 0 Å². The molecule has 10 heteroatoms. The van der Waals surface area contributed by atoms with E-state index in [-0.39, 0.29) is 25.6 Å². The number of phosphoric ester groups is 1. The lowest BCUT2D eigenvalue weighted by molar-refractivity contribution is -0.154. The van der Waals surface area contributed by atoms with Gasteiger partial charge in [-0.2, -0.15) is 0 Å². The number of hydrogen-bond donors (Lipinski definition) is 3. The fourth-order valence-electron chi connectivity index (χ4n) is 6.52. The van der Waals surface area contributed by atoms with Crippen molar-refractivity contribution < 1.29 is 43.0 Å². The first-order valence-electron chi connectivity index (χ1n) is 23.3. The number of hydrogen-bond acceptors (Lipinski definition) is 8. The van der Waals surface area contributed by atoms with Crippen LogP contribution in [0, 0.1) is 0 Å². The van der Waals surface area contributed by atoms with E-state index in [2.05, 4.69) is 38.2 Å². The van der Waals surface area contributed by atoms with Crippen LogP contribution in [0.5, 0.6) is 0 Å². The van der Waals surface area contributed by atoms with E-state index < -0.39 is 33.2 Å². The van der Waals surface area contributed by atoms with E-state index in [1.165, 1.54) is 141 Å². The maximum atomic E-state index is 12.6. The molecular formula is C46H89O9P. The molecule has 0 rings (SSSR count). The van der Waals surface area contributed by atoms with Crippen LogP contribution in [-0.4, -0.2) is 66.3 Å². The third kappa shape index (κ3) is 42.5. The molecule has 3 atom stereocenters. The van der Waals surface area contributed by atoms with Crippen LogP contribution < -0.4 is 0 Å². The van der Waals surface area contributed by atoms with Gasteiger partial charge < -0.3 is 24.6 Å². The molecule has 0 aromatic rings. The first-order valence-corrected chi connectivity index (χ1v) is 24.8. The number of unbranched alkanes of at least 4 members (excludes halogenated alkanes) is 27. The number of ether oxygens (including phenoxy) is 2. The molecule has 3 N–H and O–H groups in total. The summed E-state index contributed by atoms with van der Waals surface area (Å²) in [6.07, 6.45) is 45.6. The molecule has 0 saturated heterocycles. The van der Waals surface area contributed by atoms with Crippen molar-refractivity contribution in [2.45, 2.75) is 232 Å². The van der Waals surface area contributed by atoms with Crippen LogP contribution in [0.15, 0.2) is 24.3 Å². The van der Waals surface area contributed by atoms with Crippen molar-refractivity contribution in [2.24, 2.45) is 0 Å². The van der Waals surface area contributed by atoms with Crippen LogP contribution in [0.3, 0.4) is 0 Å². The number of aliphatic hydroxyl groups is 2. The Bertz CT molecular complexity index is 928. The molecule has 0 aromatic carbocycles. The van der Waals surface area contributed by atoms with Crippen molar-refractivity contribution in [1.82, 2.24) is 0 Å². The van der Waals surface area contributed by atoms with Gasteiger partial charge in [-0.05, 0) is 64.2 Å². The lowest BCUT2D eigenvalue weighted by Crippen LogP contribution is -2.29. The molecule has 332 valence electrons. The molecule has 0 bridgehead atoms. The summed E-state index contributed by atoms with van der Waals surface area (Å²) in [5.41, 5.74) is 0. The van der Waals surface area contributed by atoms with E-state index in [0.717, 1.165) is 57.8 Å². The quantitative estimate of drug-likeness (QED) is 0.0238. The fourth-order valence-corrected chi connectivity index (χ4v) is 7.31. The number of esters is 1. The molecule has 0 heterocycles. The lowest BCUT2D eigenvalue weighted by Gasteiger charge is -2.20. The van der Waals surface area contributed by atoms with Crippen molar-refractivity contribution in [3.05, 3.63) is 24.3 Å². The normalized spacial score (nSPS) is 14.2. The van der Waals surface area contributed by atoms with E-state index in [0.29, 0.717) is 6.61 Å². The minimum Gasteiger partial charge on any atom is -0.457 e. The molecule has 0 aliphatic rings. The predicted molar refractivity (Wildman–Crippen MR) is 233 cm³/mol. The highest BCUT2D eigenvalue weighted by Gasteiger charge is 2.26. The number of carbonyl (C=O) groups is 1. The van der Waals surface area contributed by atoms with Crippen LogP contribution in [0.2, 0.25) is 0 Å². The first-order chi connectivity index (χ1) is 27.3. The molecule has 3 unspecified atom stereocenters. The standard InChI is InChI=1S/C46H89O9P/c1-3-5-7-9-11-13-15-17-19-20-21-22-23-25-27-29-31-33-35-37-39-52-42-45(43-54-56(50,51)53-41-44(48)40-47)55-46(49)38-36-34-32-30-28-26-24-18-16-14-12-10-8-6-4-2/h17-19,24,44-45,47-48H,3-16,20-23,25-43H2,1-2H3,(H,50,51)/b19-17-,24-18-. The second kappa shape index (κ2) is 43.5. The van der Waals surface area contributed by atoms with Gasteiger partial charge in [0.05, 0.1) is 26.4 Å². The fraction of sp³-hybridized carbons (Fsp3) is 0.891. The summed E-state index contributed by atoms with van der Waals surface area (Å²) in [6, 6.07) is 0. The molecule has 0 aromatic heterocycles. The van der Waals surface area contributed by atoms with E-state index >= 15 is 0 Å². The minimum absolute atomic E-state index is 0.0479. The van der Waals surface area contributed by atoms with Gasteiger partial charge in [0.25, 0.3) is 0 Å². The van der Waals surface area contributed by atoms with Crippen molar-refractivity contribution in [3.8, 4) is 0 Å². The lowest BCUT2D eigenvalue weighted by atomic mass is 10.1. The maximum Gasteiger partial charge on any atom is 0.472 e. The summed E-state index contributed by atoms with van der Waals surface area (Å²) in [4.78, 5) is 22.6. The maximum absolute atomic E-state index is 12.6. The molecule has 0 fully saturated rings. The molecule has 9 nitrogen and oxygen atoms in total. The van der Waals surface area contributed by atoms with Crippen LogP contribution in [0.4, 0.5) is 0 Å².